The van der Waals surface area contributed by atoms with Crippen molar-refractivity contribution in [1.29, 1.82) is 0 Å². The van der Waals surface area contributed by atoms with Gasteiger partial charge in [-0.1, -0.05) is 0 Å². The fourth-order valence-electron chi connectivity index (χ4n) is 2.40. The van der Waals surface area contributed by atoms with E-state index in [9.17, 15) is 9.59 Å². The first-order valence-electron chi connectivity index (χ1n) is 7.21. The predicted molar refractivity (Wildman–Crippen MR) is 79.0 cm³/mol. The smallest absolute Gasteiger partial charge is 0.257 e. The average molecular weight is 293 g/mol. The number of carbonyl (C=O) groups excluding carboxylic acids is 2. The topological polar surface area (TPSA) is 72.5 Å². The van der Waals surface area contributed by atoms with Crippen LogP contribution in [0.1, 0.15) is 22.5 Å². The first kappa shape index (κ1) is 15.5. The van der Waals surface area contributed by atoms with Crippen LogP contribution in [-0.4, -0.2) is 83.5 Å². The van der Waals surface area contributed by atoms with Gasteiger partial charge in [0.05, 0.1) is 18.3 Å². The van der Waals surface area contributed by atoms with Crippen molar-refractivity contribution in [2.24, 2.45) is 0 Å². The highest BCUT2D eigenvalue weighted by Crippen LogP contribution is 2.11. The van der Waals surface area contributed by atoms with E-state index >= 15 is 0 Å². The highest BCUT2D eigenvalue weighted by molar-refractivity contribution is 5.95. The number of hydrogen-bond acceptors (Lipinski definition) is 4. The molecule has 116 valence electrons. The Labute approximate surface area is 124 Å². The summed E-state index contributed by atoms with van der Waals surface area (Å²) in [6.07, 6.45) is 2.46. The summed E-state index contributed by atoms with van der Waals surface area (Å²) in [5, 5.41) is 6.70. The van der Waals surface area contributed by atoms with Crippen LogP contribution in [0.3, 0.4) is 0 Å². The Morgan fingerprint density at radius 1 is 1.29 bits per heavy atom. The number of amides is 2. The van der Waals surface area contributed by atoms with Gasteiger partial charge in [-0.2, -0.15) is 5.10 Å². The van der Waals surface area contributed by atoms with Gasteiger partial charge in [0, 0.05) is 46.0 Å². The van der Waals surface area contributed by atoms with E-state index in [1.807, 2.05) is 11.8 Å². The highest BCUT2D eigenvalue weighted by atomic mass is 16.2. The van der Waals surface area contributed by atoms with Crippen molar-refractivity contribution in [3.05, 3.63) is 17.5 Å². The summed E-state index contributed by atoms with van der Waals surface area (Å²) < 4.78 is 0. The molecule has 7 nitrogen and oxygen atoms in total. The van der Waals surface area contributed by atoms with Crippen molar-refractivity contribution in [1.82, 2.24) is 24.9 Å². The molecule has 2 heterocycles. The third-order valence-electron chi connectivity index (χ3n) is 3.79. The molecule has 2 rings (SSSR count). The van der Waals surface area contributed by atoms with E-state index in [-0.39, 0.29) is 11.8 Å². The third kappa shape index (κ3) is 3.81. The fraction of sp³-hybridized carbons (Fsp3) is 0.643. The monoisotopic (exact) mass is 293 g/mol. The number of hydrogen-bond donors (Lipinski definition) is 1. The summed E-state index contributed by atoms with van der Waals surface area (Å²) in [5.74, 6) is 0.113. The largest absolute Gasteiger partial charge is 0.348 e. The number of nitrogens with zero attached hydrogens (tertiary/aromatic N) is 4. The maximum Gasteiger partial charge on any atom is 0.257 e. The lowest BCUT2D eigenvalue weighted by atomic mass is 10.2. The van der Waals surface area contributed by atoms with Crippen LogP contribution < -0.4 is 0 Å². The third-order valence-corrected chi connectivity index (χ3v) is 3.79. The molecule has 0 saturated carbocycles. The second-order valence-corrected chi connectivity index (χ2v) is 5.62. The minimum Gasteiger partial charge on any atom is -0.348 e. The fourth-order valence-corrected chi connectivity index (χ4v) is 2.40. The number of H-pyrrole nitrogens is 1. The molecule has 0 unspecified atom stereocenters. The number of aromatic amines is 1. The second kappa shape index (κ2) is 6.71. The first-order chi connectivity index (χ1) is 9.99. The molecule has 21 heavy (non-hydrogen) atoms. The van der Waals surface area contributed by atoms with Gasteiger partial charge < -0.3 is 9.80 Å². The molecule has 1 aliphatic rings. The number of aryl methyl sites for hydroxylation is 1. The van der Waals surface area contributed by atoms with Crippen LogP contribution in [0, 0.1) is 6.92 Å². The zero-order valence-electron chi connectivity index (χ0n) is 12.9. The summed E-state index contributed by atoms with van der Waals surface area (Å²) >= 11 is 0. The number of likely N-dealkylation sites (N-methyl/N-ethyl adjacent to an activating group) is 1. The molecule has 2 amide bonds. The summed E-state index contributed by atoms with van der Waals surface area (Å²) in [5.41, 5.74) is 1.43. The van der Waals surface area contributed by atoms with Gasteiger partial charge in [0.15, 0.2) is 0 Å². The van der Waals surface area contributed by atoms with Crippen LogP contribution in [0.15, 0.2) is 6.20 Å². The van der Waals surface area contributed by atoms with E-state index in [0.717, 1.165) is 31.7 Å². The molecule has 1 aliphatic heterocycles. The Kier molecular flexibility index (Phi) is 4.95. The molecule has 7 heteroatoms. The van der Waals surface area contributed by atoms with Gasteiger partial charge in [-0.3, -0.25) is 19.6 Å². The van der Waals surface area contributed by atoms with Crippen molar-refractivity contribution < 1.29 is 9.59 Å². The number of nitrogens with one attached hydrogen (secondary N) is 1. The Morgan fingerprint density at radius 3 is 2.67 bits per heavy atom. The molecule has 1 aromatic rings. The zero-order valence-corrected chi connectivity index (χ0v) is 12.9. The van der Waals surface area contributed by atoms with Gasteiger partial charge in [-0.05, 0) is 13.3 Å². The molecule has 1 aromatic heterocycles. The minimum absolute atomic E-state index is 0.0158. The summed E-state index contributed by atoms with van der Waals surface area (Å²) in [6.45, 7) is 5.19. The Hall–Kier alpha value is -1.89. The van der Waals surface area contributed by atoms with Crippen LogP contribution in [0.25, 0.3) is 0 Å². The van der Waals surface area contributed by atoms with Crippen LogP contribution in [0.5, 0.6) is 0 Å². The molecule has 0 aromatic carbocycles. The molecular formula is C14H23N5O2. The average Bonchev–Trinajstić information content (AvgIpc) is 2.73. The standard InChI is InChI=1S/C14H23N5O2/c1-11-12(9-15-16-11)14(21)19-6-4-5-18(7-8-19)10-13(20)17(2)3/h9H,4-8,10H2,1-3H3,(H,15,16). The van der Waals surface area contributed by atoms with E-state index in [0.29, 0.717) is 18.7 Å². The summed E-state index contributed by atoms with van der Waals surface area (Å²) in [4.78, 5) is 29.8. The van der Waals surface area contributed by atoms with E-state index in [4.69, 9.17) is 0 Å². The number of aromatic nitrogens is 2. The quantitative estimate of drug-likeness (QED) is 0.848. The van der Waals surface area contributed by atoms with Crippen LogP contribution in [0.4, 0.5) is 0 Å². The van der Waals surface area contributed by atoms with Crippen molar-refractivity contribution in [3.8, 4) is 0 Å². The lowest BCUT2D eigenvalue weighted by Crippen LogP contribution is -2.39. The van der Waals surface area contributed by atoms with Gasteiger partial charge in [-0.15, -0.1) is 0 Å². The predicted octanol–water partition coefficient (Wildman–Crippen LogP) is -0.0458. The van der Waals surface area contributed by atoms with Gasteiger partial charge in [-0.25, -0.2) is 0 Å². The van der Waals surface area contributed by atoms with E-state index < -0.39 is 0 Å². The van der Waals surface area contributed by atoms with E-state index in [2.05, 4.69) is 15.1 Å². The van der Waals surface area contributed by atoms with E-state index in [1.165, 1.54) is 0 Å². The van der Waals surface area contributed by atoms with Crippen molar-refractivity contribution in [2.45, 2.75) is 13.3 Å². The van der Waals surface area contributed by atoms with Gasteiger partial charge in [0.1, 0.15) is 0 Å². The maximum absolute atomic E-state index is 12.4. The van der Waals surface area contributed by atoms with Crippen molar-refractivity contribution in [2.75, 3.05) is 46.8 Å². The molecule has 0 spiro atoms. The van der Waals surface area contributed by atoms with Gasteiger partial charge in [0.25, 0.3) is 5.91 Å². The SMILES string of the molecule is Cc1[nH]ncc1C(=O)N1CCCN(CC(=O)N(C)C)CC1. The molecule has 0 aliphatic carbocycles. The van der Waals surface area contributed by atoms with Crippen LogP contribution in [0.2, 0.25) is 0 Å². The Morgan fingerprint density at radius 2 is 2.05 bits per heavy atom. The number of carbonyl (C=O) groups is 2. The van der Waals surface area contributed by atoms with E-state index in [1.54, 1.807) is 25.2 Å². The first-order valence-corrected chi connectivity index (χ1v) is 7.21. The molecule has 1 fully saturated rings. The number of rotatable bonds is 3. The molecule has 0 bridgehead atoms. The van der Waals surface area contributed by atoms with Crippen LogP contribution in [-0.2, 0) is 4.79 Å². The Bertz CT molecular complexity index is 511. The molecular weight excluding hydrogens is 270 g/mol. The van der Waals surface area contributed by atoms with Crippen LogP contribution >= 0.6 is 0 Å². The maximum atomic E-state index is 12.4. The second-order valence-electron chi connectivity index (χ2n) is 5.62. The van der Waals surface area contributed by atoms with Gasteiger partial charge >= 0.3 is 0 Å². The minimum atomic E-state index is 0.0158. The van der Waals surface area contributed by atoms with Crippen molar-refractivity contribution in [3.63, 3.8) is 0 Å². The lowest BCUT2D eigenvalue weighted by molar-refractivity contribution is -0.129. The Balaban J connectivity index is 1.93. The molecule has 1 N–H and O–H groups in total. The highest BCUT2D eigenvalue weighted by Gasteiger charge is 2.23. The van der Waals surface area contributed by atoms with Gasteiger partial charge in [0.2, 0.25) is 5.91 Å². The van der Waals surface area contributed by atoms with Crippen molar-refractivity contribution >= 4 is 11.8 Å². The zero-order chi connectivity index (χ0) is 15.4. The summed E-state index contributed by atoms with van der Waals surface area (Å²) in [7, 11) is 3.52. The molecule has 0 radical (unpaired) electrons. The summed E-state index contributed by atoms with van der Waals surface area (Å²) in [6, 6.07) is 0. The molecule has 1 saturated heterocycles. The normalized spacial score (nSPS) is 16.6. The molecule has 0 atom stereocenters. The lowest BCUT2D eigenvalue weighted by Gasteiger charge is -2.22.